The fraction of sp³-hybridized carbons (Fsp3) is 0.324. The van der Waals surface area contributed by atoms with Gasteiger partial charge in [-0.25, -0.2) is 14.6 Å². The Bertz CT molecular complexity index is 1890. The third kappa shape index (κ3) is 9.63. The van der Waals surface area contributed by atoms with E-state index < -0.39 is 29.3 Å². The van der Waals surface area contributed by atoms with Gasteiger partial charge in [0.1, 0.15) is 22.6 Å². The molecule has 2 aromatic heterocycles. The number of amides is 3. The summed E-state index contributed by atoms with van der Waals surface area (Å²) in [7, 11) is 2.95. The minimum absolute atomic E-state index is 0.0178. The monoisotopic (exact) mass is 703 g/mol. The SMILES string of the molecule is COc1cc(N(Cc2cnc(C(=O)Nc3cccc(-c4cccc(NC(=O)OC(C)(C)C)c4Cl)c3C)cc2OC)C(=O)OC(C)(C)C)ccn1. The number of nitrogens with zero attached hydrogens (tertiary/aromatic N) is 3. The summed E-state index contributed by atoms with van der Waals surface area (Å²) in [6, 6.07) is 15.5. The third-order valence-corrected chi connectivity index (χ3v) is 7.49. The van der Waals surface area contributed by atoms with E-state index >= 15 is 0 Å². The van der Waals surface area contributed by atoms with Crippen LogP contribution in [-0.4, -0.2) is 53.5 Å². The van der Waals surface area contributed by atoms with Crippen LogP contribution in [-0.2, 0) is 16.0 Å². The fourth-order valence-corrected chi connectivity index (χ4v) is 5.10. The molecule has 0 bridgehead atoms. The molecular formula is C37H42ClN5O7. The third-order valence-electron chi connectivity index (χ3n) is 7.08. The summed E-state index contributed by atoms with van der Waals surface area (Å²) in [4.78, 5) is 49.2. The molecular weight excluding hydrogens is 662 g/mol. The van der Waals surface area contributed by atoms with Crippen LogP contribution >= 0.6 is 11.6 Å². The van der Waals surface area contributed by atoms with Crippen LogP contribution in [0.4, 0.5) is 26.7 Å². The highest BCUT2D eigenvalue weighted by Crippen LogP contribution is 2.38. The number of ether oxygens (including phenoxy) is 4. The zero-order chi connectivity index (χ0) is 36.8. The van der Waals surface area contributed by atoms with Gasteiger partial charge in [0.15, 0.2) is 0 Å². The molecule has 3 amide bonds. The van der Waals surface area contributed by atoms with E-state index in [2.05, 4.69) is 20.6 Å². The molecule has 2 heterocycles. The van der Waals surface area contributed by atoms with Crippen LogP contribution < -0.4 is 25.0 Å². The second-order valence-corrected chi connectivity index (χ2v) is 13.6. The number of pyridine rings is 2. The zero-order valence-corrected chi connectivity index (χ0v) is 30.4. The van der Waals surface area contributed by atoms with E-state index in [0.717, 1.165) is 11.1 Å². The van der Waals surface area contributed by atoms with Gasteiger partial charge >= 0.3 is 12.2 Å². The second kappa shape index (κ2) is 15.5. The Morgan fingerprint density at radius 2 is 1.48 bits per heavy atom. The first-order chi connectivity index (χ1) is 23.5. The molecule has 2 N–H and O–H groups in total. The number of benzene rings is 2. The van der Waals surface area contributed by atoms with Gasteiger partial charge in [0.05, 0.1) is 37.2 Å². The first kappa shape index (κ1) is 37.5. The molecule has 0 saturated carbocycles. The van der Waals surface area contributed by atoms with Crippen molar-refractivity contribution in [2.75, 3.05) is 29.8 Å². The summed E-state index contributed by atoms with van der Waals surface area (Å²) in [6.45, 7) is 12.5. The lowest BCUT2D eigenvalue weighted by atomic mass is 9.98. The largest absolute Gasteiger partial charge is 0.496 e. The number of nitrogens with one attached hydrogen (secondary N) is 2. The first-order valence-corrected chi connectivity index (χ1v) is 16.1. The number of carbonyl (C=O) groups is 3. The second-order valence-electron chi connectivity index (χ2n) is 13.2. The number of hydrogen-bond acceptors (Lipinski definition) is 9. The highest BCUT2D eigenvalue weighted by Gasteiger charge is 2.26. The smallest absolute Gasteiger partial charge is 0.415 e. The maximum atomic E-state index is 13.5. The number of methoxy groups -OCH3 is 2. The van der Waals surface area contributed by atoms with Crippen molar-refractivity contribution in [3.05, 3.63) is 88.8 Å². The molecule has 2 aromatic carbocycles. The van der Waals surface area contributed by atoms with Crippen LogP contribution in [0.1, 0.15) is 63.2 Å². The maximum Gasteiger partial charge on any atom is 0.415 e. The van der Waals surface area contributed by atoms with E-state index in [-0.39, 0.29) is 12.2 Å². The highest BCUT2D eigenvalue weighted by molar-refractivity contribution is 6.36. The normalized spacial score (nSPS) is 11.3. The molecule has 0 aliphatic rings. The van der Waals surface area contributed by atoms with E-state index in [4.69, 9.17) is 30.5 Å². The standard InChI is InChI=1S/C37H42ClN5O7/c1-22-25(26-13-11-15-28(32(26)38)42-34(45)49-36(2,3)4)12-10-14-27(22)41-33(44)29-19-30(47-8)23(20-40-29)21-43(35(46)50-37(5,6)7)24-16-17-39-31(18-24)48-9/h10-20H,21H2,1-9H3,(H,41,44)(H,42,45). The van der Waals surface area contributed by atoms with Crippen LogP contribution in [0.25, 0.3) is 11.1 Å². The lowest BCUT2D eigenvalue weighted by Gasteiger charge is -2.28. The van der Waals surface area contributed by atoms with E-state index in [0.29, 0.717) is 44.8 Å². The molecule has 0 atom stereocenters. The molecule has 0 aliphatic carbocycles. The zero-order valence-electron chi connectivity index (χ0n) is 29.6. The quantitative estimate of drug-likeness (QED) is 0.175. The molecule has 13 heteroatoms. The van der Waals surface area contributed by atoms with Gasteiger partial charge in [0.2, 0.25) is 5.88 Å². The number of hydrogen-bond donors (Lipinski definition) is 2. The summed E-state index contributed by atoms with van der Waals surface area (Å²) in [5.41, 5.74) is 2.72. The number of aromatic nitrogens is 2. The van der Waals surface area contributed by atoms with Gasteiger partial charge in [0, 0.05) is 41.3 Å². The minimum atomic E-state index is -0.753. The molecule has 50 heavy (non-hydrogen) atoms. The topological polar surface area (TPSA) is 141 Å². The Balaban J connectivity index is 1.59. The number of rotatable bonds is 9. The van der Waals surface area contributed by atoms with Crippen molar-refractivity contribution >= 4 is 46.8 Å². The summed E-state index contributed by atoms with van der Waals surface area (Å²) < 4.78 is 21.9. The average Bonchev–Trinajstić information content (AvgIpc) is 3.04. The van der Waals surface area contributed by atoms with Gasteiger partial charge in [-0.05, 0) is 77.8 Å². The maximum absolute atomic E-state index is 13.5. The Morgan fingerprint density at radius 3 is 2.12 bits per heavy atom. The van der Waals surface area contributed by atoms with Gasteiger partial charge < -0.3 is 24.3 Å². The molecule has 0 fully saturated rings. The van der Waals surface area contributed by atoms with Crippen LogP contribution in [0, 0.1) is 6.92 Å². The van der Waals surface area contributed by atoms with E-state index in [1.165, 1.54) is 37.6 Å². The van der Waals surface area contributed by atoms with Gasteiger partial charge in [-0.3, -0.25) is 20.0 Å². The van der Waals surface area contributed by atoms with Crippen LogP contribution in [0.3, 0.4) is 0 Å². The highest BCUT2D eigenvalue weighted by atomic mass is 35.5. The molecule has 264 valence electrons. The average molecular weight is 704 g/mol. The van der Waals surface area contributed by atoms with Crippen LogP contribution in [0.2, 0.25) is 5.02 Å². The van der Waals surface area contributed by atoms with Crippen LogP contribution in [0.15, 0.2) is 67.0 Å². The van der Waals surface area contributed by atoms with Crippen molar-refractivity contribution in [2.24, 2.45) is 0 Å². The van der Waals surface area contributed by atoms with Gasteiger partial charge in [-0.15, -0.1) is 0 Å². The molecule has 0 aliphatic heterocycles. The predicted octanol–water partition coefficient (Wildman–Crippen LogP) is 8.66. The van der Waals surface area contributed by atoms with Crippen LogP contribution in [0.5, 0.6) is 11.6 Å². The number of halogens is 1. The molecule has 0 spiro atoms. The van der Waals surface area contributed by atoms with Crippen molar-refractivity contribution in [3.8, 4) is 22.8 Å². The summed E-state index contributed by atoms with van der Waals surface area (Å²) in [5.74, 6) is 0.177. The molecule has 0 radical (unpaired) electrons. The summed E-state index contributed by atoms with van der Waals surface area (Å²) in [5, 5.41) is 5.95. The molecule has 0 saturated heterocycles. The predicted molar refractivity (Wildman–Crippen MR) is 193 cm³/mol. The Hall–Kier alpha value is -5.36. The van der Waals surface area contributed by atoms with Crippen molar-refractivity contribution in [3.63, 3.8) is 0 Å². The van der Waals surface area contributed by atoms with Crippen molar-refractivity contribution < 1.29 is 33.3 Å². The Kier molecular flexibility index (Phi) is 11.6. The van der Waals surface area contributed by atoms with Crippen molar-refractivity contribution in [2.45, 2.75) is 66.2 Å². The molecule has 0 unspecified atom stereocenters. The minimum Gasteiger partial charge on any atom is -0.496 e. The molecule has 4 rings (SSSR count). The first-order valence-electron chi connectivity index (χ1n) is 15.7. The van der Waals surface area contributed by atoms with Crippen molar-refractivity contribution in [1.29, 1.82) is 0 Å². The van der Waals surface area contributed by atoms with E-state index in [1.54, 1.807) is 77.9 Å². The fourth-order valence-electron chi connectivity index (χ4n) is 4.82. The number of carbonyl (C=O) groups excluding carboxylic acids is 3. The summed E-state index contributed by atoms with van der Waals surface area (Å²) >= 11 is 6.75. The van der Waals surface area contributed by atoms with E-state index in [9.17, 15) is 14.4 Å². The van der Waals surface area contributed by atoms with E-state index in [1.807, 2.05) is 19.1 Å². The lowest BCUT2D eigenvalue weighted by molar-refractivity contribution is 0.0575. The number of anilines is 3. The molecule has 12 nitrogen and oxygen atoms in total. The van der Waals surface area contributed by atoms with Gasteiger partial charge in [-0.1, -0.05) is 35.9 Å². The molecule has 4 aromatic rings. The summed E-state index contributed by atoms with van der Waals surface area (Å²) in [6.07, 6.45) is 1.78. The van der Waals surface area contributed by atoms with Crippen molar-refractivity contribution in [1.82, 2.24) is 9.97 Å². The van der Waals surface area contributed by atoms with Gasteiger partial charge in [0.25, 0.3) is 5.91 Å². The van der Waals surface area contributed by atoms with Gasteiger partial charge in [-0.2, -0.15) is 0 Å². The lowest BCUT2D eigenvalue weighted by Crippen LogP contribution is -2.36. The Labute approximate surface area is 297 Å². The Morgan fingerprint density at radius 1 is 0.820 bits per heavy atom.